The van der Waals surface area contributed by atoms with E-state index < -0.39 is 0 Å². The quantitative estimate of drug-likeness (QED) is 0.672. The van der Waals surface area contributed by atoms with Crippen LogP contribution in [0.3, 0.4) is 0 Å². The minimum Gasteiger partial charge on any atom is -0.355 e. The van der Waals surface area contributed by atoms with Gasteiger partial charge in [0, 0.05) is 37.1 Å². The van der Waals surface area contributed by atoms with Crippen LogP contribution in [0.15, 0.2) is 60.0 Å². The van der Waals surface area contributed by atoms with Crippen LogP contribution in [0.25, 0.3) is 10.8 Å². The standard InChI is InChI=1S/C18H20N4OS/c1-14(12-22-10-4-8-21-22)11-20-17(23)13-24-18-16-6-3-2-5-15(16)7-9-19-18/h2-10,14H,11-13H2,1H3,(H,20,23)/t14-/m1/s1. The number of nitrogens with zero attached hydrogens (tertiary/aromatic N) is 3. The van der Waals surface area contributed by atoms with E-state index in [1.807, 2.05) is 41.2 Å². The first-order valence-corrected chi connectivity index (χ1v) is 8.91. The van der Waals surface area contributed by atoms with Gasteiger partial charge in [0.2, 0.25) is 5.91 Å². The molecule has 1 amide bonds. The van der Waals surface area contributed by atoms with E-state index in [2.05, 4.69) is 28.4 Å². The number of pyridine rings is 1. The number of nitrogens with one attached hydrogen (secondary N) is 1. The van der Waals surface area contributed by atoms with Crippen LogP contribution in [0, 0.1) is 5.92 Å². The molecule has 3 rings (SSSR count). The maximum Gasteiger partial charge on any atom is 0.230 e. The number of aromatic nitrogens is 3. The zero-order chi connectivity index (χ0) is 16.8. The van der Waals surface area contributed by atoms with Crippen LogP contribution in [0.4, 0.5) is 0 Å². The van der Waals surface area contributed by atoms with E-state index in [1.165, 1.54) is 11.8 Å². The Balaban J connectivity index is 1.48. The Bertz CT molecular complexity index is 798. The van der Waals surface area contributed by atoms with Crippen LogP contribution in [-0.2, 0) is 11.3 Å². The van der Waals surface area contributed by atoms with Crippen LogP contribution >= 0.6 is 11.8 Å². The van der Waals surface area contributed by atoms with Crippen molar-refractivity contribution in [3.8, 4) is 0 Å². The van der Waals surface area contributed by atoms with Gasteiger partial charge >= 0.3 is 0 Å². The fourth-order valence-corrected chi connectivity index (χ4v) is 3.32. The third-order valence-electron chi connectivity index (χ3n) is 3.68. The van der Waals surface area contributed by atoms with Crippen molar-refractivity contribution >= 4 is 28.4 Å². The number of hydrogen-bond donors (Lipinski definition) is 1. The first-order chi connectivity index (χ1) is 11.7. The zero-order valence-corrected chi connectivity index (χ0v) is 14.4. The molecule has 0 unspecified atom stereocenters. The van der Waals surface area contributed by atoms with Crippen molar-refractivity contribution in [2.45, 2.75) is 18.5 Å². The highest BCUT2D eigenvalue weighted by atomic mass is 32.2. The molecule has 1 atom stereocenters. The monoisotopic (exact) mass is 340 g/mol. The molecule has 124 valence electrons. The molecule has 0 radical (unpaired) electrons. The van der Waals surface area contributed by atoms with E-state index in [4.69, 9.17) is 0 Å². The van der Waals surface area contributed by atoms with E-state index in [9.17, 15) is 4.79 Å². The fourth-order valence-electron chi connectivity index (χ4n) is 2.47. The molecule has 0 aliphatic carbocycles. The summed E-state index contributed by atoms with van der Waals surface area (Å²) < 4.78 is 1.88. The summed E-state index contributed by atoms with van der Waals surface area (Å²) >= 11 is 1.47. The summed E-state index contributed by atoms with van der Waals surface area (Å²) in [5, 5.41) is 10.3. The van der Waals surface area contributed by atoms with Crippen LogP contribution in [-0.4, -0.2) is 33.0 Å². The molecule has 3 aromatic rings. The van der Waals surface area contributed by atoms with Gasteiger partial charge in [-0.3, -0.25) is 9.48 Å². The van der Waals surface area contributed by atoms with E-state index in [0.717, 1.165) is 22.3 Å². The average molecular weight is 340 g/mol. The molecule has 24 heavy (non-hydrogen) atoms. The molecule has 0 spiro atoms. The van der Waals surface area contributed by atoms with E-state index in [1.54, 1.807) is 12.4 Å². The molecular weight excluding hydrogens is 320 g/mol. The Hall–Kier alpha value is -2.34. The average Bonchev–Trinajstić information content (AvgIpc) is 3.11. The number of carbonyl (C=O) groups is 1. The zero-order valence-electron chi connectivity index (χ0n) is 13.6. The van der Waals surface area contributed by atoms with Crippen molar-refractivity contribution in [3.05, 3.63) is 55.0 Å². The first kappa shape index (κ1) is 16.5. The predicted octanol–water partition coefficient (Wildman–Crippen LogP) is 2.98. The normalized spacial score (nSPS) is 12.2. The Labute approximate surface area is 145 Å². The Morgan fingerprint density at radius 1 is 1.25 bits per heavy atom. The minimum absolute atomic E-state index is 0.0297. The van der Waals surface area contributed by atoms with Gasteiger partial charge in [0.1, 0.15) is 5.03 Å². The summed E-state index contributed by atoms with van der Waals surface area (Å²) in [7, 11) is 0. The Morgan fingerprint density at radius 3 is 2.96 bits per heavy atom. The molecule has 2 aromatic heterocycles. The lowest BCUT2D eigenvalue weighted by Gasteiger charge is -2.12. The number of amides is 1. The third-order valence-corrected chi connectivity index (χ3v) is 4.69. The smallest absolute Gasteiger partial charge is 0.230 e. The van der Waals surface area contributed by atoms with Crippen molar-refractivity contribution in [3.63, 3.8) is 0 Å². The second-order valence-corrected chi connectivity index (χ2v) is 6.73. The van der Waals surface area contributed by atoms with Gasteiger partial charge in [0.25, 0.3) is 0 Å². The molecule has 0 aliphatic heterocycles. The van der Waals surface area contributed by atoms with E-state index in [-0.39, 0.29) is 5.91 Å². The molecule has 0 saturated heterocycles. The van der Waals surface area contributed by atoms with Gasteiger partial charge in [-0.05, 0) is 23.4 Å². The second-order valence-electron chi connectivity index (χ2n) is 5.76. The van der Waals surface area contributed by atoms with Gasteiger partial charge in [0.15, 0.2) is 0 Å². The first-order valence-electron chi connectivity index (χ1n) is 7.93. The van der Waals surface area contributed by atoms with Crippen molar-refractivity contribution < 1.29 is 4.79 Å². The van der Waals surface area contributed by atoms with Crippen LogP contribution in [0.2, 0.25) is 0 Å². The van der Waals surface area contributed by atoms with Gasteiger partial charge < -0.3 is 5.32 Å². The van der Waals surface area contributed by atoms with Crippen LogP contribution in [0.5, 0.6) is 0 Å². The minimum atomic E-state index is 0.0297. The summed E-state index contributed by atoms with van der Waals surface area (Å²) in [5.74, 6) is 0.728. The molecule has 1 N–H and O–H groups in total. The largest absolute Gasteiger partial charge is 0.355 e. The lowest BCUT2D eigenvalue weighted by atomic mass is 10.2. The van der Waals surface area contributed by atoms with Gasteiger partial charge in [-0.1, -0.05) is 43.0 Å². The topological polar surface area (TPSA) is 59.8 Å². The van der Waals surface area contributed by atoms with Crippen molar-refractivity contribution in [2.75, 3.05) is 12.3 Å². The predicted molar refractivity (Wildman–Crippen MR) is 96.9 cm³/mol. The van der Waals surface area contributed by atoms with E-state index >= 15 is 0 Å². The molecule has 5 nitrogen and oxygen atoms in total. The molecule has 6 heteroatoms. The highest BCUT2D eigenvalue weighted by Gasteiger charge is 2.09. The number of hydrogen-bond acceptors (Lipinski definition) is 4. The van der Waals surface area contributed by atoms with Gasteiger partial charge in [-0.25, -0.2) is 4.98 Å². The summed E-state index contributed by atoms with van der Waals surface area (Å²) in [6.07, 6.45) is 5.48. The summed E-state index contributed by atoms with van der Waals surface area (Å²) in [6, 6.07) is 12.0. The fraction of sp³-hybridized carbons (Fsp3) is 0.278. The number of carbonyl (C=O) groups excluding carboxylic acids is 1. The lowest BCUT2D eigenvalue weighted by molar-refractivity contribution is -0.118. The van der Waals surface area contributed by atoms with Crippen LogP contribution in [0.1, 0.15) is 6.92 Å². The highest BCUT2D eigenvalue weighted by molar-refractivity contribution is 8.00. The molecule has 2 heterocycles. The second kappa shape index (κ2) is 7.97. The number of rotatable bonds is 7. The summed E-state index contributed by atoms with van der Waals surface area (Å²) in [6.45, 7) is 3.54. The van der Waals surface area contributed by atoms with Crippen molar-refractivity contribution in [1.29, 1.82) is 0 Å². The van der Waals surface area contributed by atoms with Crippen molar-refractivity contribution in [2.24, 2.45) is 5.92 Å². The van der Waals surface area contributed by atoms with Gasteiger partial charge in [-0.15, -0.1) is 0 Å². The number of benzene rings is 1. The molecule has 0 bridgehead atoms. The van der Waals surface area contributed by atoms with Gasteiger partial charge in [0.05, 0.1) is 5.75 Å². The summed E-state index contributed by atoms with van der Waals surface area (Å²) in [5.41, 5.74) is 0. The highest BCUT2D eigenvalue weighted by Crippen LogP contribution is 2.25. The maximum absolute atomic E-state index is 12.1. The molecule has 0 aliphatic rings. The SMILES string of the molecule is C[C@H](CNC(=O)CSc1nccc2ccccc12)Cn1cccn1. The Kier molecular flexibility index (Phi) is 5.48. The van der Waals surface area contributed by atoms with E-state index in [0.29, 0.717) is 18.2 Å². The lowest BCUT2D eigenvalue weighted by Crippen LogP contribution is -2.31. The molecule has 0 fully saturated rings. The molecule has 0 saturated carbocycles. The number of fused-ring (bicyclic) bond motifs is 1. The summed E-state index contributed by atoms with van der Waals surface area (Å²) in [4.78, 5) is 16.5. The molecular formula is C18H20N4OS. The van der Waals surface area contributed by atoms with Gasteiger partial charge in [-0.2, -0.15) is 5.10 Å². The molecule has 1 aromatic carbocycles. The van der Waals surface area contributed by atoms with Crippen LogP contribution < -0.4 is 5.32 Å². The maximum atomic E-state index is 12.1. The van der Waals surface area contributed by atoms with Crippen molar-refractivity contribution in [1.82, 2.24) is 20.1 Å². The third kappa shape index (κ3) is 4.35. The Morgan fingerprint density at radius 2 is 2.12 bits per heavy atom. The number of thioether (sulfide) groups is 1.